The van der Waals surface area contributed by atoms with Gasteiger partial charge in [0.25, 0.3) is 0 Å². The maximum atomic E-state index is 10.8. The van der Waals surface area contributed by atoms with Gasteiger partial charge in [-0.05, 0) is 19.1 Å². The predicted octanol–water partition coefficient (Wildman–Crippen LogP) is 2.42. The molecule has 0 atom stereocenters. The van der Waals surface area contributed by atoms with Crippen LogP contribution in [0.5, 0.6) is 0 Å². The first-order valence-electron chi connectivity index (χ1n) is 3.63. The minimum absolute atomic E-state index is 0.469. The number of rotatable bonds is 2. The first-order chi connectivity index (χ1) is 5.83. The highest BCUT2D eigenvalue weighted by Crippen LogP contribution is 2.05. The van der Waals surface area contributed by atoms with Crippen LogP contribution in [0.25, 0.3) is 0 Å². The van der Waals surface area contributed by atoms with Gasteiger partial charge in [0.15, 0.2) is 0 Å². The Morgan fingerprint density at radius 3 is 2.67 bits per heavy atom. The Hall–Kier alpha value is -1.51. The summed E-state index contributed by atoms with van der Waals surface area (Å²) in [7, 11) is 0. The molecule has 0 saturated carbocycles. The normalized spacial score (nSPS) is 9.08. The topological polar surface area (TPSA) is 38.3 Å². The number of para-hydroxylation sites is 1. The Morgan fingerprint density at radius 2 is 2.08 bits per heavy atom. The maximum absolute atomic E-state index is 10.8. The zero-order chi connectivity index (χ0) is 8.81. The van der Waals surface area contributed by atoms with E-state index in [0.717, 1.165) is 5.69 Å². The first-order valence-corrected chi connectivity index (χ1v) is 3.63. The average molecular weight is 164 g/mol. The molecule has 0 heterocycles. The highest BCUT2D eigenvalue weighted by Gasteiger charge is 1.99. The Morgan fingerprint density at radius 1 is 1.42 bits per heavy atom. The molecule has 0 unspecified atom stereocenters. The van der Waals surface area contributed by atoms with Gasteiger partial charge in [0, 0.05) is 5.69 Å². The summed E-state index contributed by atoms with van der Waals surface area (Å²) in [5.74, 6) is 0. The Balaban J connectivity index is 2.47. The number of anilines is 1. The van der Waals surface area contributed by atoms with Crippen LogP contribution >= 0.6 is 0 Å². The van der Waals surface area contributed by atoms with Crippen molar-refractivity contribution in [3.8, 4) is 0 Å². The summed E-state index contributed by atoms with van der Waals surface area (Å²) in [6.07, 6.45) is -0.469. The number of benzene rings is 1. The summed E-state index contributed by atoms with van der Waals surface area (Å²) in [6.45, 7) is 2.98. The lowest BCUT2D eigenvalue weighted by Crippen LogP contribution is -2.11. The SMILES string of the molecule is C[CH]OC(=O)Nc1ccccc1. The summed E-state index contributed by atoms with van der Waals surface area (Å²) in [4.78, 5) is 10.8. The van der Waals surface area contributed by atoms with Gasteiger partial charge in [0.05, 0.1) is 0 Å². The fourth-order valence-electron chi connectivity index (χ4n) is 0.776. The molecule has 3 nitrogen and oxygen atoms in total. The molecule has 12 heavy (non-hydrogen) atoms. The zero-order valence-corrected chi connectivity index (χ0v) is 6.78. The fraction of sp³-hybridized carbons (Fsp3) is 0.111. The van der Waals surface area contributed by atoms with E-state index >= 15 is 0 Å². The van der Waals surface area contributed by atoms with Gasteiger partial charge in [-0.1, -0.05) is 18.2 Å². The van der Waals surface area contributed by atoms with Crippen LogP contribution < -0.4 is 5.32 Å². The largest absolute Gasteiger partial charge is 0.442 e. The van der Waals surface area contributed by atoms with E-state index in [1.807, 2.05) is 18.2 Å². The highest BCUT2D eigenvalue weighted by molar-refractivity contribution is 5.84. The fourth-order valence-corrected chi connectivity index (χ4v) is 0.776. The molecule has 0 spiro atoms. The molecular weight excluding hydrogens is 154 g/mol. The van der Waals surface area contributed by atoms with Crippen molar-refractivity contribution in [3.05, 3.63) is 36.9 Å². The van der Waals surface area contributed by atoms with Gasteiger partial charge in [-0.3, -0.25) is 5.32 Å². The molecule has 3 heteroatoms. The Bertz CT molecular complexity index is 246. The lowest BCUT2D eigenvalue weighted by Gasteiger charge is -2.02. The highest BCUT2D eigenvalue weighted by atomic mass is 16.5. The lowest BCUT2D eigenvalue weighted by atomic mass is 10.3. The molecule has 0 aliphatic rings. The summed E-state index contributed by atoms with van der Waals surface area (Å²) in [5.41, 5.74) is 0.726. The summed E-state index contributed by atoms with van der Waals surface area (Å²) in [5, 5.41) is 2.55. The Kier molecular flexibility index (Phi) is 3.14. The predicted molar refractivity (Wildman–Crippen MR) is 46.5 cm³/mol. The van der Waals surface area contributed by atoms with Crippen molar-refractivity contribution in [3.63, 3.8) is 0 Å². The standard InChI is InChI=1S/C9H10NO2/c1-2-12-9(11)10-8-6-4-3-5-7-8/h2-7H,1H3,(H,10,11). The molecule has 1 aromatic rings. The molecule has 0 fully saturated rings. The summed E-state index contributed by atoms with van der Waals surface area (Å²) < 4.78 is 4.57. The van der Waals surface area contributed by atoms with Gasteiger partial charge in [0.2, 0.25) is 0 Å². The Labute approximate surface area is 71.4 Å². The molecule has 0 bridgehead atoms. The molecule has 1 radical (unpaired) electrons. The van der Waals surface area contributed by atoms with Crippen molar-refractivity contribution in [1.29, 1.82) is 0 Å². The molecule has 63 valence electrons. The number of amides is 1. The molecule has 0 aliphatic heterocycles. The monoisotopic (exact) mass is 164 g/mol. The third-order valence-corrected chi connectivity index (χ3v) is 1.25. The van der Waals surface area contributed by atoms with Crippen LogP contribution in [0.1, 0.15) is 6.92 Å². The molecule has 0 saturated heterocycles. The van der Waals surface area contributed by atoms with E-state index in [0.29, 0.717) is 0 Å². The molecule has 1 N–H and O–H groups in total. The van der Waals surface area contributed by atoms with Gasteiger partial charge >= 0.3 is 6.09 Å². The number of carbonyl (C=O) groups is 1. The van der Waals surface area contributed by atoms with Crippen molar-refractivity contribution in [1.82, 2.24) is 0 Å². The number of hydrogen-bond acceptors (Lipinski definition) is 2. The third-order valence-electron chi connectivity index (χ3n) is 1.25. The minimum atomic E-state index is -0.469. The van der Waals surface area contributed by atoms with Crippen LogP contribution in [-0.4, -0.2) is 6.09 Å². The second kappa shape index (κ2) is 4.38. The number of hydrogen-bond donors (Lipinski definition) is 1. The molecule has 0 aromatic heterocycles. The lowest BCUT2D eigenvalue weighted by molar-refractivity contribution is 0.189. The first kappa shape index (κ1) is 8.59. The van der Waals surface area contributed by atoms with Gasteiger partial charge in [0.1, 0.15) is 6.61 Å². The van der Waals surface area contributed by atoms with Crippen molar-refractivity contribution >= 4 is 11.8 Å². The van der Waals surface area contributed by atoms with E-state index in [1.165, 1.54) is 6.61 Å². The third kappa shape index (κ3) is 2.62. The van der Waals surface area contributed by atoms with Crippen molar-refractivity contribution in [2.75, 3.05) is 5.32 Å². The van der Waals surface area contributed by atoms with Crippen LogP contribution in [0, 0.1) is 6.61 Å². The molecule has 1 aromatic carbocycles. The van der Waals surface area contributed by atoms with Crippen molar-refractivity contribution in [2.24, 2.45) is 0 Å². The van der Waals surface area contributed by atoms with E-state index in [-0.39, 0.29) is 0 Å². The minimum Gasteiger partial charge on any atom is -0.442 e. The van der Waals surface area contributed by atoms with Crippen LogP contribution in [0.2, 0.25) is 0 Å². The van der Waals surface area contributed by atoms with E-state index in [1.54, 1.807) is 19.1 Å². The summed E-state index contributed by atoms with van der Waals surface area (Å²) in [6, 6.07) is 9.13. The van der Waals surface area contributed by atoms with E-state index in [9.17, 15) is 4.79 Å². The molecule has 0 aliphatic carbocycles. The van der Waals surface area contributed by atoms with Crippen LogP contribution in [0.4, 0.5) is 10.5 Å². The van der Waals surface area contributed by atoms with Gasteiger partial charge in [-0.2, -0.15) is 0 Å². The van der Waals surface area contributed by atoms with Crippen LogP contribution in [-0.2, 0) is 4.74 Å². The van der Waals surface area contributed by atoms with Gasteiger partial charge < -0.3 is 4.74 Å². The summed E-state index contributed by atoms with van der Waals surface area (Å²) >= 11 is 0. The second-order valence-corrected chi connectivity index (χ2v) is 2.13. The van der Waals surface area contributed by atoms with E-state index < -0.39 is 6.09 Å². The maximum Gasteiger partial charge on any atom is 0.412 e. The average Bonchev–Trinajstić information content (AvgIpc) is 2.06. The molecular formula is C9H10NO2. The number of carbonyl (C=O) groups excluding carboxylic acids is 1. The van der Waals surface area contributed by atoms with E-state index in [4.69, 9.17) is 0 Å². The van der Waals surface area contributed by atoms with Crippen LogP contribution in [0.3, 0.4) is 0 Å². The second-order valence-electron chi connectivity index (χ2n) is 2.13. The van der Waals surface area contributed by atoms with Crippen LogP contribution in [0.15, 0.2) is 30.3 Å². The molecule has 1 rings (SSSR count). The van der Waals surface area contributed by atoms with Crippen molar-refractivity contribution in [2.45, 2.75) is 6.92 Å². The quantitative estimate of drug-likeness (QED) is 0.728. The van der Waals surface area contributed by atoms with Crippen molar-refractivity contribution < 1.29 is 9.53 Å². The number of nitrogens with one attached hydrogen (secondary N) is 1. The zero-order valence-electron chi connectivity index (χ0n) is 6.78. The smallest absolute Gasteiger partial charge is 0.412 e. The number of ether oxygens (including phenoxy) is 1. The van der Waals surface area contributed by atoms with E-state index in [2.05, 4.69) is 10.1 Å². The van der Waals surface area contributed by atoms with Gasteiger partial charge in [-0.15, -0.1) is 0 Å². The molecule has 1 amide bonds. The van der Waals surface area contributed by atoms with Gasteiger partial charge in [-0.25, -0.2) is 4.79 Å².